The lowest BCUT2D eigenvalue weighted by atomic mass is 10.1. The molecule has 0 aliphatic carbocycles. The van der Waals surface area contributed by atoms with Crippen LogP contribution >= 0.6 is 0 Å². The van der Waals surface area contributed by atoms with Gasteiger partial charge in [0.1, 0.15) is 5.75 Å². The number of carbonyl (C=O) groups excluding carboxylic acids is 1. The van der Waals surface area contributed by atoms with Crippen LogP contribution in [0.2, 0.25) is 0 Å². The molecule has 2 N–H and O–H groups in total. The fraction of sp³-hybridized carbons (Fsp3) is 0.400. The molecule has 0 saturated carbocycles. The molecule has 1 aromatic carbocycles. The van der Waals surface area contributed by atoms with E-state index in [1.165, 1.54) is 0 Å². The number of aromatic amines is 1. The molecule has 0 atom stereocenters. The second-order valence-corrected chi connectivity index (χ2v) is 6.47. The summed E-state index contributed by atoms with van der Waals surface area (Å²) in [5, 5.41) is 9.48. The molecule has 140 valence electrons. The highest BCUT2D eigenvalue weighted by atomic mass is 16.5. The molecular formula is C20H26N2O4. The SMILES string of the molecule is CCCN(CCc1c[nH]c2cccc(OC(=O)/C=C/C(=O)O)c12)C(C)C. The predicted molar refractivity (Wildman–Crippen MR) is 101 cm³/mol. The van der Waals surface area contributed by atoms with Gasteiger partial charge in [-0.15, -0.1) is 0 Å². The molecule has 0 fully saturated rings. The third kappa shape index (κ3) is 5.20. The summed E-state index contributed by atoms with van der Waals surface area (Å²) >= 11 is 0. The Morgan fingerprint density at radius 3 is 2.69 bits per heavy atom. The summed E-state index contributed by atoms with van der Waals surface area (Å²) in [6.45, 7) is 8.50. The first-order chi connectivity index (χ1) is 12.4. The zero-order chi connectivity index (χ0) is 19.1. The summed E-state index contributed by atoms with van der Waals surface area (Å²) in [7, 11) is 0. The molecule has 0 aliphatic heterocycles. The zero-order valence-corrected chi connectivity index (χ0v) is 15.5. The van der Waals surface area contributed by atoms with Crippen molar-refractivity contribution in [1.29, 1.82) is 0 Å². The predicted octanol–water partition coefficient (Wildman–Crippen LogP) is 3.38. The Labute approximate surface area is 153 Å². The highest BCUT2D eigenvalue weighted by molar-refractivity contribution is 5.95. The van der Waals surface area contributed by atoms with E-state index in [1.54, 1.807) is 12.1 Å². The lowest BCUT2D eigenvalue weighted by molar-refractivity contribution is -0.133. The average Bonchev–Trinajstić information content (AvgIpc) is 3.01. The van der Waals surface area contributed by atoms with Gasteiger partial charge in [0.25, 0.3) is 0 Å². The summed E-state index contributed by atoms with van der Waals surface area (Å²) < 4.78 is 5.36. The topological polar surface area (TPSA) is 82.6 Å². The average molecular weight is 358 g/mol. The summed E-state index contributed by atoms with van der Waals surface area (Å²) in [6, 6.07) is 5.91. The zero-order valence-electron chi connectivity index (χ0n) is 15.5. The molecule has 6 heteroatoms. The molecule has 0 saturated heterocycles. The van der Waals surface area contributed by atoms with Crippen molar-refractivity contribution in [2.24, 2.45) is 0 Å². The van der Waals surface area contributed by atoms with Gasteiger partial charge in [0.05, 0.1) is 0 Å². The molecule has 1 heterocycles. The lowest BCUT2D eigenvalue weighted by Gasteiger charge is -2.25. The number of hydrogen-bond donors (Lipinski definition) is 2. The van der Waals surface area contributed by atoms with E-state index in [9.17, 15) is 9.59 Å². The van der Waals surface area contributed by atoms with Crippen molar-refractivity contribution in [3.05, 3.63) is 42.1 Å². The van der Waals surface area contributed by atoms with E-state index in [-0.39, 0.29) is 0 Å². The number of nitrogens with zero attached hydrogens (tertiary/aromatic N) is 1. The number of fused-ring (bicyclic) bond motifs is 1. The number of esters is 1. The van der Waals surface area contributed by atoms with Crippen LogP contribution in [-0.4, -0.2) is 46.1 Å². The van der Waals surface area contributed by atoms with Gasteiger partial charge in [0, 0.05) is 41.8 Å². The summed E-state index contributed by atoms with van der Waals surface area (Å²) in [4.78, 5) is 28.0. The van der Waals surface area contributed by atoms with Gasteiger partial charge in [-0.3, -0.25) is 0 Å². The van der Waals surface area contributed by atoms with Crippen LogP contribution in [0.4, 0.5) is 0 Å². The van der Waals surface area contributed by atoms with Crippen molar-refractivity contribution in [3.8, 4) is 5.75 Å². The van der Waals surface area contributed by atoms with Crippen molar-refractivity contribution >= 4 is 22.8 Å². The standard InChI is InChI=1S/C20H26N2O4/c1-4-11-22(14(2)3)12-10-15-13-21-16-6-5-7-17(20(15)16)26-19(25)9-8-18(23)24/h5-9,13-14,21H,4,10-12H2,1-3H3,(H,23,24)/b9-8+. The molecule has 0 spiro atoms. The fourth-order valence-corrected chi connectivity index (χ4v) is 2.96. The first kappa shape index (κ1) is 19.7. The van der Waals surface area contributed by atoms with Crippen molar-refractivity contribution in [3.63, 3.8) is 0 Å². The van der Waals surface area contributed by atoms with Gasteiger partial charge in [-0.1, -0.05) is 13.0 Å². The van der Waals surface area contributed by atoms with Crippen molar-refractivity contribution in [1.82, 2.24) is 9.88 Å². The van der Waals surface area contributed by atoms with Crippen LogP contribution < -0.4 is 4.74 Å². The normalized spacial score (nSPS) is 11.7. The second-order valence-electron chi connectivity index (χ2n) is 6.47. The Morgan fingerprint density at radius 2 is 2.04 bits per heavy atom. The molecule has 26 heavy (non-hydrogen) atoms. The Balaban J connectivity index is 2.21. The molecular weight excluding hydrogens is 332 g/mol. The molecule has 0 amide bonds. The van der Waals surface area contributed by atoms with E-state index in [0.717, 1.165) is 54.5 Å². The lowest BCUT2D eigenvalue weighted by Crippen LogP contribution is -2.33. The summed E-state index contributed by atoms with van der Waals surface area (Å²) in [5.74, 6) is -1.46. The quantitative estimate of drug-likeness (QED) is 0.408. The van der Waals surface area contributed by atoms with E-state index in [4.69, 9.17) is 9.84 Å². The van der Waals surface area contributed by atoms with Crippen LogP contribution in [0.15, 0.2) is 36.5 Å². The van der Waals surface area contributed by atoms with Crippen molar-refractivity contribution < 1.29 is 19.4 Å². The van der Waals surface area contributed by atoms with Gasteiger partial charge in [0.15, 0.2) is 0 Å². The van der Waals surface area contributed by atoms with Crippen LogP contribution in [0.25, 0.3) is 10.9 Å². The number of H-pyrrole nitrogens is 1. The van der Waals surface area contributed by atoms with Crippen LogP contribution in [-0.2, 0) is 16.0 Å². The highest BCUT2D eigenvalue weighted by Crippen LogP contribution is 2.29. The Hall–Kier alpha value is -2.60. The molecule has 0 unspecified atom stereocenters. The van der Waals surface area contributed by atoms with Crippen LogP contribution in [0, 0.1) is 0 Å². The maximum atomic E-state index is 11.8. The molecule has 0 aliphatic rings. The van der Waals surface area contributed by atoms with Gasteiger partial charge in [-0.2, -0.15) is 0 Å². The number of aliphatic carboxylic acids is 1. The third-order valence-electron chi connectivity index (χ3n) is 4.23. The summed E-state index contributed by atoms with van der Waals surface area (Å²) in [6.07, 6.45) is 5.56. The number of aromatic nitrogens is 1. The minimum atomic E-state index is -1.19. The molecule has 0 radical (unpaired) electrons. The van der Waals surface area contributed by atoms with Crippen molar-refractivity contribution in [2.45, 2.75) is 39.7 Å². The number of rotatable bonds is 9. The van der Waals surface area contributed by atoms with E-state index >= 15 is 0 Å². The maximum Gasteiger partial charge on any atom is 0.336 e. The van der Waals surface area contributed by atoms with Gasteiger partial charge in [0.2, 0.25) is 0 Å². The fourth-order valence-electron chi connectivity index (χ4n) is 2.96. The Bertz CT molecular complexity index is 792. The molecule has 1 aromatic heterocycles. The monoisotopic (exact) mass is 358 g/mol. The van der Waals surface area contributed by atoms with Gasteiger partial charge in [-0.25, -0.2) is 9.59 Å². The number of nitrogens with one attached hydrogen (secondary N) is 1. The van der Waals surface area contributed by atoms with E-state index < -0.39 is 11.9 Å². The van der Waals surface area contributed by atoms with Crippen molar-refractivity contribution in [2.75, 3.05) is 13.1 Å². The first-order valence-electron chi connectivity index (χ1n) is 8.88. The molecule has 0 bridgehead atoms. The Morgan fingerprint density at radius 1 is 1.27 bits per heavy atom. The summed E-state index contributed by atoms with van der Waals surface area (Å²) in [5.41, 5.74) is 1.96. The van der Waals surface area contributed by atoms with E-state index in [0.29, 0.717) is 11.8 Å². The number of carbonyl (C=O) groups is 2. The Kier molecular flexibility index (Phi) is 6.97. The molecule has 6 nitrogen and oxygen atoms in total. The second kappa shape index (κ2) is 9.20. The van der Waals surface area contributed by atoms with E-state index in [2.05, 4.69) is 30.7 Å². The number of hydrogen-bond acceptors (Lipinski definition) is 4. The number of ether oxygens (including phenoxy) is 1. The number of carboxylic acids is 1. The van der Waals surface area contributed by atoms with Gasteiger partial charge >= 0.3 is 11.9 Å². The minimum Gasteiger partial charge on any atom is -0.478 e. The highest BCUT2D eigenvalue weighted by Gasteiger charge is 2.14. The largest absolute Gasteiger partial charge is 0.478 e. The van der Waals surface area contributed by atoms with Crippen LogP contribution in [0.1, 0.15) is 32.8 Å². The molecule has 2 aromatic rings. The first-order valence-corrected chi connectivity index (χ1v) is 8.88. The molecule has 2 rings (SSSR count). The third-order valence-corrected chi connectivity index (χ3v) is 4.23. The maximum absolute atomic E-state index is 11.8. The van der Waals surface area contributed by atoms with Gasteiger partial charge in [-0.05, 0) is 50.9 Å². The smallest absolute Gasteiger partial charge is 0.336 e. The van der Waals surface area contributed by atoms with Gasteiger partial charge < -0.3 is 19.7 Å². The van der Waals surface area contributed by atoms with Crippen LogP contribution in [0.5, 0.6) is 5.75 Å². The van der Waals surface area contributed by atoms with E-state index in [1.807, 2.05) is 12.3 Å². The number of carboxylic acid groups (broad SMARTS) is 1. The minimum absolute atomic E-state index is 0.436. The van der Waals surface area contributed by atoms with Crippen LogP contribution in [0.3, 0.4) is 0 Å². The number of benzene rings is 1.